The van der Waals surface area contributed by atoms with Crippen LogP contribution < -0.4 is 18.9 Å². The molecule has 2 saturated heterocycles. The number of epoxide rings is 2. The summed E-state index contributed by atoms with van der Waals surface area (Å²) >= 11 is 0. The zero-order chi connectivity index (χ0) is 32.8. The van der Waals surface area contributed by atoms with Gasteiger partial charge in [0, 0.05) is 12.4 Å². The molecule has 0 aromatic heterocycles. The molecule has 8 nitrogen and oxygen atoms in total. The Balaban J connectivity index is 0.804. The molecule has 2 aliphatic rings. The van der Waals surface area contributed by atoms with Gasteiger partial charge in [0.2, 0.25) is 0 Å². The van der Waals surface area contributed by atoms with E-state index < -0.39 is 0 Å². The molecule has 2 atom stereocenters. The molecule has 2 heterocycles. The Hall–Kier alpha value is -4.66. The standard InChI is InChI=1S/C40H44N2O6/c1-30(4-2-22-43-35-14-6-31(7-15-35)24-41-33-10-18-37(19-11-33)45-26-39-28-47-39)5-3-23-44-36-16-8-32(9-17-36)25-42-34-12-20-38(21-13-34)46-27-40-29-48-40/h6-21,24-25,30,39-40H,2-5,22-23,26-29H2,1H3. The van der Waals surface area contributed by atoms with E-state index in [-0.39, 0.29) is 12.2 Å². The molecule has 6 rings (SSSR count). The lowest BCUT2D eigenvalue weighted by Crippen LogP contribution is -2.04. The number of hydrogen-bond acceptors (Lipinski definition) is 8. The molecule has 4 aromatic rings. The Bertz CT molecular complexity index is 1460. The molecule has 0 amide bonds. The normalized spacial score (nSPS) is 17.4. The highest BCUT2D eigenvalue weighted by atomic mass is 16.6. The SMILES string of the molecule is CC(CCCOc1ccc(C=Nc2ccc(OCC3CO3)cc2)cc1)CCCOc1ccc(C=Nc2ccc(OCC3CO3)cc2)cc1. The maximum atomic E-state index is 5.98. The zero-order valence-electron chi connectivity index (χ0n) is 27.5. The molecule has 0 spiro atoms. The number of rotatable bonds is 20. The fraction of sp³-hybridized carbons (Fsp3) is 0.350. The van der Waals surface area contributed by atoms with Crippen molar-refractivity contribution in [2.45, 2.75) is 44.8 Å². The minimum absolute atomic E-state index is 0.253. The monoisotopic (exact) mass is 648 g/mol. The van der Waals surface area contributed by atoms with Gasteiger partial charge in [0.1, 0.15) is 48.4 Å². The topological polar surface area (TPSA) is 86.7 Å². The Morgan fingerprint density at radius 2 is 0.917 bits per heavy atom. The van der Waals surface area contributed by atoms with Crippen molar-refractivity contribution in [1.29, 1.82) is 0 Å². The second-order valence-electron chi connectivity index (χ2n) is 12.3. The molecule has 2 aliphatic heterocycles. The van der Waals surface area contributed by atoms with E-state index >= 15 is 0 Å². The van der Waals surface area contributed by atoms with Gasteiger partial charge in [0.05, 0.1) is 37.8 Å². The maximum Gasteiger partial charge on any atom is 0.119 e. The second kappa shape index (κ2) is 17.5. The lowest BCUT2D eigenvalue weighted by Gasteiger charge is -2.12. The van der Waals surface area contributed by atoms with Crippen molar-refractivity contribution in [2.24, 2.45) is 15.9 Å². The van der Waals surface area contributed by atoms with Crippen LogP contribution in [-0.2, 0) is 9.47 Å². The largest absolute Gasteiger partial charge is 0.494 e. The first-order chi connectivity index (χ1) is 23.6. The zero-order valence-corrected chi connectivity index (χ0v) is 27.5. The highest BCUT2D eigenvalue weighted by Crippen LogP contribution is 2.22. The van der Waals surface area contributed by atoms with E-state index in [0.29, 0.717) is 32.3 Å². The molecule has 0 saturated carbocycles. The van der Waals surface area contributed by atoms with Crippen LogP contribution in [0.25, 0.3) is 0 Å². The van der Waals surface area contributed by atoms with Crippen molar-refractivity contribution in [1.82, 2.24) is 0 Å². The van der Waals surface area contributed by atoms with Gasteiger partial charge in [0.15, 0.2) is 0 Å². The minimum Gasteiger partial charge on any atom is -0.494 e. The van der Waals surface area contributed by atoms with Gasteiger partial charge in [-0.1, -0.05) is 6.92 Å². The van der Waals surface area contributed by atoms with E-state index in [2.05, 4.69) is 16.9 Å². The van der Waals surface area contributed by atoms with Gasteiger partial charge in [-0.3, -0.25) is 9.98 Å². The molecule has 0 bridgehead atoms. The maximum absolute atomic E-state index is 5.98. The van der Waals surface area contributed by atoms with Crippen LogP contribution in [0.5, 0.6) is 23.0 Å². The van der Waals surface area contributed by atoms with Gasteiger partial charge in [-0.05, 0) is 140 Å². The number of nitrogens with zero attached hydrogens (tertiary/aromatic N) is 2. The smallest absolute Gasteiger partial charge is 0.119 e. The molecule has 250 valence electrons. The predicted octanol–water partition coefficient (Wildman–Crippen LogP) is 8.40. The third kappa shape index (κ3) is 11.9. The average molecular weight is 649 g/mol. The van der Waals surface area contributed by atoms with Crippen molar-refractivity contribution in [3.63, 3.8) is 0 Å². The number of hydrogen-bond donors (Lipinski definition) is 0. The van der Waals surface area contributed by atoms with E-state index in [1.54, 1.807) is 0 Å². The van der Waals surface area contributed by atoms with Crippen LogP contribution in [0.3, 0.4) is 0 Å². The fourth-order valence-electron chi connectivity index (χ4n) is 4.95. The molecule has 8 heteroatoms. The quantitative estimate of drug-likeness (QED) is 0.0544. The first-order valence-corrected chi connectivity index (χ1v) is 16.9. The summed E-state index contributed by atoms with van der Waals surface area (Å²) in [6, 6.07) is 31.6. The summed E-state index contributed by atoms with van der Waals surface area (Å²) in [5, 5.41) is 0. The predicted molar refractivity (Wildman–Crippen MR) is 189 cm³/mol. The Morgan fingerprint density at radius 3 is 1.29 bits per heavy atom. The summed E-state index contributed by atoms with van der Waals surface area (Å²) in [4.78, 5) is 9.13. The van der Waals surface area contributed by atoms with Crippen molar-refractivity contribution < 1.29 is 28.4 Å². The summed E-state index contributed by atoms with van der Waals surface area (Å²) in [6.07, 6.45) is 8.53. The summed E-state index contributed by atoms with van der Waals surface area (Å²) < 4.78 is 33.7. The molecular weight excluding hydrogens is 604 g/mol. The van der Waals surface area contributed by atoms with E-state index in [1.165, 1.54) is 0 Å². The first kappa shape index (κ1) is 33.2. The van der Waals surface area contributed by atoms with Crippen LogP contribution in [0, 0.1) is 5.92 Å². The summed E-state index contributed by atoms with van der Waals surface area (Å²) in [5.41, 5.74) is 3.81. The van der Waals surface area contributed by atoms with Gasteiger partial charge in [-0.2, -0.15) is 0 Å². The van der Waals surface area contributed by atoms with Crippen molar-refractivity contribution in [3.05, 3.63) is 108 Å². The molecule has 2 fully saturated rings. The molecule has 4 aromatic carbocycles. The van der Waals surface area contributed by atoms with Crippen molar-refractivity contribution in [2.75, 3.05) is 39.6 Å². The van der Waals surface area contributed by atoms with Crippen LogP contribution in [0.15, 0.2) is 107 Å². The van der Waals surface area contributed by atoms with Crippen molar-refractivity contribution >= 4 is 23.8 Å². The van der Waals surface area contributed by atoms with Crippen LogP contribution in [0.4, 0.5) is 11.4 Å². The van der Waals surface area contributed by atoms with Gasteiger partial charge in [-0.25, -0.2) is 0 Å². The lowest BCUT2D eigenvalue weighted by molar-refractivity contribution is 0.263. The van der Waals surface area contributed by atoms with Gasteiger partial charge >= 0.3 is 0 Å². The van der Waals surface area contributed by atoms with Crippen molar-refractivity contribution in [3.8, 4) is 23.0 Å². The Morgan fingerprint density at radius 1 is 0.562 bits per heavy atom. The van der Waals surface area contributed by atoms with E-state index in [1.807, 2.05) is 109 Å². The van der Waals surface area contributed by atoms with Gasteiger partial charge < -0.3 is 28.4 Å². The summed E-state index contributed by atoms with van der Waals surface area (Å²) in [5.74, 6) is 4.05. The number of ether oxygens (including phenoxy) is 6. The van der Waals surface area contributed by atoms with E-state index in [0.717, 1.165) is 84.4 Å². The molecule has 2 unspecified atom stereocenters. The third-order valence-corrected chi connectivity index (χ3v) is 8.06. The van der Waals surface area contributed by atoms with Crippen LogP contribution >= 0.6 is 0 Å². The average Bonchev–Trinajstić information content (AvgIpc) is 4.07. The Labute approximate surface area is 283 Å². The fourth-order valence-corrected chi connectivity index (χ4v) is 4.95. The Kier molecular flexibility index (Phi) is 12.1. The van der Waals surface area contributed by atoms with Gasteiger partial charge in [0.25, 0.3) is 0 Å². The summed E-state index contributed by atoms with van der Waals surface area (Å²) in [6.45, 7) is 6.52. The lowest BCUT2D eigenvalue weighted by atomic mass is 10.0. The first-order valence-electron chi connectivity index (χ1n) is 16.9. The third-order valence-electron chi connectivity index (χ3n) is 8.06. The second-order valence-corrected chi connectivity index (χ2v) is 12.3. The van der Waals surface area contributed by atoms with Crippen LogP contribution in [0.1, 0.15) is 43.7 Å². The highest BCUT2D eigenvalue weighted by Gasteiger charge is 2.23. The molecule has 0 aliphatic carbocycles. The van der Waals surface area contributed by atoms with E-state index in [9.17, 15) is 0 Å². The number of benzene rings is 4. The molecule has 48 heavy (non-hydrogen) atoms. The van der Waals surface area contributed by atoms with E-state index in [4.69, 9.17) is 28.4 Å². The molecule has 0 radical (unpaired) electrons. The van der Waals surface area contributed by atoms with Crippen LogP contribution in [0.2, 0.25) is 0 Å². The minimum atomic E-state index is 0.253. The summed E-state index contributed by atoms with van der Waals surface area (Å²) in [7, 11) is 0. The number of aliphatic imine (C=N–C) groups is 2. The van der Waals surface area contributed by atoms with Gasteiger partial charge in [-0.15, -0.1) is 0 Å². The molecule has 0 N–H and O–H groups in total. The molecular formula is C40H44N2O6. The highest BCUT2D eigenvalue weighted by molar-refractivity contribution is 5.82. The van der Waals surface area contributed by atoms with Crippen LogP contribution in [-0.4, -0.2) is 64.3 Å².